The average Bonchev–Trinajstić information content (AvgIpc) is 1.89. The maximum Gasteiger partial charge on any atom is 0.327 e. The van der Waals surface area contributed by atoms with Crippen molar-refractivity contribution in [3.05, 3.63) is 12.7 Å². The second kappa shape index (κ2) is 7.68. The van der Waals surface area contributed by atoms with Crippen LogP contribution in [0.2, 0.25) is 0 Å². The summed E-state index contributed by atoms with van der Waals surface area (Å²) in [5, 5.41) is 7.60. The molecule has 0 fully saturated rings. The number of carboxylic acid groups (broad SMARTS) is 1. The van der Waals surface area contributed by atoms with Gasteiger partial charge in [-0.25, -0.2) is 4.79 Å². The van der Waals surface area contributed by atoms with Crippen LogP contribution in [0.3, 0.4) is 0 Å². The van der Waals surface area contributed by atoms with Crippen molar-refractivity contribution in [1.82, 2.24) is 4.90 Å². The van der Waals surface area contributed by atoms with Gasteiger partial charge in [0.15, 0.2) is 0 Å². The quantitative estimate of drug-likeness (QED) is 0.438. The molecule has 10 heavy (non-hydrogen) atoms. The molecule has 0 radical (unpaired) electrons. The van der Waals surface area contributed by atoms with E-state index in [-0.39, 0.29) is 0 Å². The summed E-state index contributed by atoms with van der Waals surface area (Å²) in [4.78, 5) is 20.1. The van der Waals surface area contributed by atoms with E-state index in [1.807, 2.05) is 0 Å². The highest BCUT2D eigenvalue weighted by atomic mass is 16.4. The lowest BCUT2D eigenvalue weighted by Crippen LogP contribution is -2.06. The molecular formula is C6H11NO3. The zero-order valence-corrected chi connectivity index (χ0v) is 6.07. The third kappa shape index (κ3) is 30.0. The number of hydrogen-bond acceptors (Lipinski definition) is 2. The van der Waals surface area contributed by atoms with Crippen molar-refractivity contribution in [2.75, 3.05) is 14.1 Å². The summed E-state index contributed by atoms with van der Waals surface area (Å²) in [5.74, 6) is -0.981. The van der Waals surface area contributed by atoms with E-state index >= 15 is 0 Å². The number of rotatable bonds is 2. The van der Waals surface area contributed by atoms with Gasteiger partial charge < -0.3 is 10.0 Å². The number of carbonyl (C=O) groups excluding carboxylic acids is 1. The molecule has 0 aromatic carbocycles. The summed E-state index contributed by atoms with van der Waals surface area (Å²) in [6.07, 6.45) is 1.58. The van der Waals surface area contributed by atoms with E-state index in [1.165, 1.54) is 4.90 Å². The molecule has 0 aliphatic rings. The molecule has 0 spiro atoms. The molecule has 0 aromatic heterocycles. The van der Waals surface area contributed by atoms with Crippen LogP contribution >= 0.6 is 0 Å². The highest BCUT2D eigenvalue weighted by Crippen LogP contribution is 1.54. The third-order valence-electron chi connectivity index (χ3n) is 0.385. The van der Waals surface area contributed by atoms with Gasteiger partial charge in [0.2, 0.25) is 6.41 Å². The molecule has 0 bridgehead atoms. The molecule has 0 unspecified atom stereocenters. The van der Waals surface area contributed by atoms with E-state index in [9.17, 15) is 9.59 Å². The molecule has 0 rings (SSSR count). The van der Waals surface area contributed by atoms with Crippen LogP contribution in [-0.2, 0) is 9.59 Å². The number of carboxylic acids is 1. The highest BCUT2D eigenvalue weighted by molar-refractivity contribution is 5.78. The van der Waals surface area contributed by atoms with E-state index < -0.39 is 5.97 Å². The Bertz CT molecular complexity index is 120. The van der Waals surface area contributed by atoms with Crippen LogP contribution in [-0.4, -0.2) is 36.5 Å². The van der Waals surface area contributed by atoms with E-state index in [1.54, 1.807) is 14.1 Å². The molecule has 4 nitrogen and oxygen atoms in total. The Kier molecular flexibility index (Phi) is 8.81. The Morgan fingerprint density at radius 1 is 1.60 bits per heavy atom. The summed E-state index contributed by atoms with van der Waals surface area (Å²) in [6.45, 7) is 2.96. The molecule has 0 aromatic rings. The van der Waals surface area contributed by atoms with Crippen molar-refractivity contribution >= 4 is 12.4 Å². The van der Waals surface area contributed by atoms with Crippen molar-refractivity contribution in [1.29, 1.82) is 0 Å². The fraction of sp³-hybridized carbons (Fsp3) is 0.333. The SMILES string of the molecule is C=CC(=O)O.CN(C)C=O. The topological polar surface area (TPSA) is 57.6 Å². The molecular weight excluding hydrogens is 134 g/mol. The summed E-state index contributed by atoms with van der Waals surface area (Å²) in [7, 11) is 3.38. The van der Waals surface area contributed by atoms with Crippen LogP contribution in [0.5, 0.6) is 0 Å². The molecule has 4 heteroatoms. The first-order valence-corrected chi connectivity index (χ1v) is 2.51. The van der Waals surface area contributed by atoms with Crippen molar-refractivity contribution < 1.29 is 14.7 Å². The Morgan fingerprint density at radius 2 is 1.80 bits per heavy atom. The largest absolute Gasteiger partial charge is 0.478 e. The van der Waals surface area contributed by atoms with E-state index in [0.29, 0.717) is 0 Å². The minimum Gasteiger partial charge on any atom is -0.478 e. The first-order chi connectivity index (χ1) is 4.54. The molecule has 0 saturated carbocycles. The number of carbonyl (C=O) groups is 2. The van der Waals surface area contributed by atoms with Crippen LogP contribution in [0.1, 0.15) is 0 Å². The van der Waals surface area contributed by atoms with Crippen molar-refractivity contribution in [3.8, 4) is 0 Å². The monoisotopic (exact) mass is 145 g/mol. The number of hydrogen-bond donors (Lipinski definition) is 1. The van der Waals surface area contributed by atoms with Gasteiger partial charge in [-0.15, -0.1) is 0 Å². The van der Waals surface area contributed by atoms with Crippen molar-refractivity contribution in [2.24, 2.45) is 0 Å². The van der Waals surface area contributed by atoms with E-state index in [2.05, 4.69) is 6.58 Å². The normalized spacial score (nSPS) is 6.60. The fourth-order valence-corrected chi connectivity index (χ4v) is 0. The van der Waals surface area contributed by atoms with Crippen molar-refractivity contribution in [2.45, 2.75) is 0 Å². The van der Waals surface area contributed by atoms with Gasteiger partial charge in [-0.3, -0.25) is 4.79 Å². The predicted octanol–water partition coefficient (Wildman–Crippen LogP) is -0.0386. The van der Waals surface area contributed by atoms with Gasteiger partial charge in [0.25, 0.3) is 0 Å². The minimum atomic E-state index is -0.981. The first-order valence-electron chi connectivity index (χ1n) is 2.51. The van der Waals surface area contributed by atoms with Gasteiger partial charge >= 0.3 is 5.97 Å². The lowest BCUT2D eigenvalue weighted by atomic mass is 10.7. The second-order valence-electron chi connectivity index (χ2n) is 1.61. The van der Waals surface area contributed by atoms with Gasteiger partial charge in [0.05, 0.1) is 0 Å². The van der Waals surface area contributed by atoms with Crippen LogP contribution in [0.15, 0.2) is 12.7 Å². The number of nitrogens with zero attached hydrogens (tertiary/aromatic N) is 1. The molecule has 58 valence electrons. The van der Waals surface area contributed by atoms with Crippen molar-refractivity contribution in [3.63, 3.8) is 0 Å². The van der Waals surface area contributed by atoms with Crippen LogP contribution < -0.4 is 0 Å². The zero-order chi connectivity index (χ0) is 8.57. The number of amides is 1. The molecule has 0 atom stereocenters. The Balaban J connectivity index is 0. The molecule has 1 N–H and O–H groups in total. The van der Waals surface area contributed by atoms with Crippen LogP contribution in [0.4, 0.5) is 0 Å². The van der Waals surface area contributed by atoms with Gasteiger partial charge in [-0.05, 0) is 0 Å². The number of aliphatic carboxylic acids is 1. The Morgan fingerprint density at radius 3 is 1.80 bits per heavy atom. The van der Waals surface area contributed by atoms with E-state index in [4.69, 9.17) is 5.11 Å². The predicted molar refractivity (Wildman–Crippen MR) is 37.6 cm³/mol. The molecule has 0 aliphatic carbocycles. The minimum absolute atomic E-state index is 0.750. The van der Waals surface area contributed by atoms with Gasteiger partial charge in [0, 0.05) is 20.2 Å². The standard InChI is InChI=1S/C3H7NO.C3H4O2/c1-4(2)3-5;1-2-3(4)5/h3H,1-2H3;2H,1H2,(H,4,5). The summed E-state index contributed by atoms with van der Waals surface area (Å²) >= 11 is 0. The summed E-state index contributed by atoms with van der Waals surface area (Å²) in [5.41, 5.74) is 0. The highest BCUT2D eigenvalue weighted by Gasteiger charge is 1.73. The van der Waals surface area contributed by atoms with Gasteiger partial charge in [-0.2, -0.15) is 0 Å². The average molecular weight is 145 g/mol. The molecule has 0 saturated heterocycles. The molecule has 0 aliphatic heterocycles. The lowest BCUT2D eigenvalue weighted by molar-refractivity contribution is -0.131. The van der Waals surface area contributed by atoms with E-state index in [0.717, 1.165) is 12.5 Å². The summed E-state index contributed by atoms with van der Waals surface area (Å²) in [6, 6.07) is 0. The maximum absolute atomic E-state index is 9.43. The first kappa shape index (κ1) is 11.5. The lowest BCUT2D eigenvalue weighted by Gasteiger charge is -1.93. The molecule has 1 amide bonds. The van der Waals surface area contributed by atoms with Gasteiger partial charge in [-0.1, -0.05) is 6.58 Å². The zero-order valence-electron chi connectivity index (χ0n) is 6.07. The third-order valence-corrected chi connectivity index (χ3v) is 0.385. The fourth-order valence-electron chi connectivity index (χ4n) is 0. The van der Waals surface area contributed by atoms with Crippen LogP contribution in [0.25, 0.3) is 0 Å². The van der Waals surface area contributed by atoms with Crippen LogP contribution in [0, 0.1) is 0 Å². The maximum atomic E-state index is 9.43. The van der Waals surface area contributed by atoms with Gasteiger partial charge in [0.1, 0.15) is 0 Å². The smallest absolute Gasteiger partial charge is 0.327 e. The second-order valence-corrected chi connectivity index (χ2v) is 1.61. The molecule has 0 heterocycles. The summed E-state index contributed by atoms with van der Waals surface area (Å²) < 4.78 is 0. The Hall–Kier alpha value is -1.32. The Labute approximate surface area is 59.8 Å².